The van der Waals surface area contributed by atoms with E-state index < -0.39 is 0 Å². The third-order valence-corrected chi connectivity index (χ3v) is 3.26. The Bertz CT molecular complexity index is 559. The second-order valence-corrected chi connectivity index (χ2v) is 5.59. The first-order chi connectivity index (χ1) is 10.1. The van der Waals surface area contributed by atoms with Crippen LogP contribution in [-0.4, -0.2) is 18.3 Å². The number of ether oxygens (including phenoxy) is 1. The fourth-order valence-electron chi connectivity index (χ4n) is 2.01. The van der Waals surface area contributed by atoms with E-state index in [1.54, 1.807) is 0 Å². The van der Waals surface area contributed by atoms with Gasteiger partial charge in [-0.25, -0.2) is 0 Å². The van der Waals surface area contributed by atoms with Gasteiger partial charge >= 0.3 is 0 Å². The molecule has 0 aliphatic carbocycles. The lowest BCUT2D eigenvalue weighted by molar-refractivity contribution is 0.271. The summed E-state index contributed by atoms with van der Waals surface area (Å²) in [6.07, 6.45) is 0. The van der Waals surface area contributed by atoms with Crippen molar-refractivity contribution < 1.29 is 9.26 Å². The molecule has 0 radical (unpaired) electrons. The molecule has 1 N–H and O–H groups in total. The van der Waals surface area contributed by atoms with Crippen LogP contribution < -0.4 is 10.1 Å². The molecule has 1 heterocycles. The second kappa shape index (κ2) is 7.27. The van der Waals surface area contributed by atoms with Crippen molar-refractivity contribution in [3.05, 3.63) is 35.5 Å². The van der Waals surface area contributed by atoms with Crippen molar-refractivity contribution in [1.82, 2.24) is 10.5 Å². The van der Waals surface area contributed by atoms with Gasteiger partial charge in [0.15, 0.2) is 5.76 Å². The first-order valence-corrected chi connectivity index (χ1v) is 7.51. The highest BCUT2D eigenvalue weighted by molar-refractivity contribution is 5.62. The highest BCUT2D eigenvalue weighted by Crippen LogP contribution is 2.27. The minimum Gasteiger partial charge on any atom is -0.493 e. The molecule has 0 saturated carbocycles. The zero-order chi connectivity index (χ0) is 15.2. The van der Waals surface area contributed by atoms with Crippen molar-refractivity contribution in [2.24, 2.45) is 5.92 Å². The zero-order valence-corrected chi connectivity index (χ0v) is 13.3. The second-order valence-electron chi connectivity index (χ2n) is 5.59. The molecule has 0 spiro atoms. The van der Waals surface area contributed by atoms with Crippen LogP contribution in [-0.2, 0) is 6.54 Å². The van der Waals surface area contributed by atoms with E-state index in [1.165, 1.54) is 0 Å². The SMILES string of the molecule is CCNCc1noc(-c2ccc(OCC(C)C)cc2)c1C. The van der Waals surface area contributed by atoms with E-state index in [1.807, 2.05) is 31.2 Å². The molecule has 114 valence electrons. The third-order valence-electron chi connectivity index (χ3n) is 3.26. The molecule has 0 saturated heterocycles. The molecule has 0 bridgehead atoms. The minimum atomic E-state index is 0.523. The van der Waals surface area contributed by atoms with E-state index in [-0.39, 0.29) is 0 Å². The number of aromatic nitrogens is 1. The van der Waals surface area contributed by atoms with Crippen molar-refractivity contribution in [1.29, 1.82) is 0 Å². The lowest BCUT2D eigenvalue weighted by Crippen LogP contribution is -2.12. The molecule has 0 aliphatic heterocycles. The van der Waals surface area contributed by atoms with Crippen LogP contribution in [0.5, 0.6) is 5.75 Å². The Morgan fingerprint density at radius 3 is 2.57 bits per heavy atom. The van der Waals surface area contributed by atoms with E-state index >= 15 is 0 Å². The van der Waals surface area contributed by atoms with Crippen LogP contribution in [0.2, 0.25) is 0 Å². The standard InChI is InChI=1S/C17H24N2O2/c1-5-18-10-16-13(4)17(21-19-16)14-6-8-15(9-7-14)20-11-12(2)3/h6-9,12,18H,5,10-11H2,1-4H3. The summed E-state index contributed by atoms with van der Waals surface area (Å²) in [4.78, 5) is 0. The predicted molar refractivity (Wildman–Crippen MR) is 84.4 cm³/mol. The molecule has 0 aliphatic rings. The fraction of sp³-hybridized carbons (Fsp3) is 0.471. The summed E-state index contributed by atoms with van der Waals surface area (Å²) in [6.45, 7) is 10.8. The van der Waals surface area contributed by atoms with Gasteiger partial charge in [0.2, 0.25) is 0 Å². The molecular weight excluding hydrogens is 264 g/mol. The predicted octanol–water partition coefficient (Wildman–Crippen LogP) is 3.79. The number of nitrogens with zero attached hydrogens (tertiary/aromatic N) is 1. The molecule has 0 atom stereocenters. The third kappa shape index (κ3) is 4.08. The van der Waals surface area contributed by atoms with Crippen molar-refractivity contribution in [2.75, 3.05) is 13.2 Å². The van der Waals surface area contributed by atoms with Crippen LogP contribution in [0.4, 0.5) is 0 Å². The van der Waals surface area contributed by atoms with Crippen LogP contribution in [0.1, 0.15) is 32.0 Å². The molecule has 4 nitrogen and oxygen atoms in total. The zero-order valence-electron chi connectivity index (χ0n) is 13.3. The normalized spacial score (nSPS) is 11.1. The molecule has 0 unspecified atom stereocenters. The highest BCUT2D eigenvalue weighted by Gasteiger charge is 2.13. The van der Waals surface area contributed by atoms with Crippen LogP contribution in [0.15, 0.2) is 28.8 Å². The Balaban J connectivity index is 2.10. The maximum atomic E-state index is 5.69. The molecule has 2 aromatic rings. The van der Waals surface area contributed by atoms with E-state index in [9.17, 15) is 0 Å². The molecule has 1 aromatic carbocycles. The van der Waals surface area contributed by atoms with Crippen molar-refractivity contribution in [3.63, 3.8) is 0 Å². The van der Waals surface area contributed by atoms with Crippen molar-refractivity contribution >= 4 is 0 Å². The van der Waals surface area contributed by atoms with Gasteiger partial charge in [-0.15, -0.1) is 0 Å². The van der Waals surface area contributed by atoms with Crippen LogP contribution in [0, 0.1) is 12.8 Å². The first kappa shape index (κ1) is 15.6. The van der Waals surface area contributed by atoms with Crippen LogP contribution in [0.3, 0.4) is 0 Å². The molecule has 2 rings (SSSR count). The summed E-state index contributed by atoms with van der Waals surface area (Å²) >= 11 is 0. The van der Waals surface area contributed by atoms with Gasteiger partial charge in [-0.3, -0.25) is 0 Å². The lowest BCUT2D eigenvalue weighted by Gasteiger charge is -2.08. The average Bonchev–Trinajstić information content (AvgIpc) is 2.84. The Morgan fingerprint density at radius 2 is 1.95 bits per heavy atom. The summed E-state index contributed by atoms with van der Waals surface area (Å²) in [7, 11) is 0. The van der Waals surface area contributed by atoms with Gasteiger partial charge in [0.25, 0.3) is 0 Å². The van der Waals surface area contributed by atoms with Gasteiger partial charge in [-0.2, -0.15) is 0 Å². The number of benzene rings is 1. The summed E-state index contributed by atoms with van der Waals surface area (Å²) in [5.41, 5.74) is 3.08. The summed E-state index contributed by atoms with van der Waals surface area (Å²) in [6, 6.07) is 7.98. The van der Waals surface area contributed by atoms with Crippen molar-refractivity contribution in [3.8, 4) is 17.1 Å². The molecule has 21 heavy (non-hydrogen) atoms. The van der Waals surface area contributed by atoms with Gasteiger partial charge in [0.05, 0.1) is 6.61 Å². The summed E-state index contributed by atoms with van der Waals surface area (Å²) in [5, 5.41) is 7.41. The molecule has 0 fully saturated rings. The smallest absolute Gasteiger partial charge is 0.170 e. The van der Waals surface area contributed by atoms with E-state index in [2.05, 4.69) is 31.2 Å². The number of nitrogens with one attached hydrogen (secondary N) is 1. The monoisotopic (exact) mass is 288 g/mol. The quantitative estimate of drug-likeness (QED) is 0.842. The molecule has 4 heteroatoms. The maximum absolute atomic E-state index is 5.69. The Labute approximate surface area is 126 Å². The van der Waals surface area contributed by atoms with Crippen LogP contribution in [0.25, 0.3) is 11.3 Å². The average molecular weight is 288 g/mol. The number of hydrogen-bond acceptors (Lipinski definition) is 4. The van der Waals surface area contributed by atoms with Gasteiger partial charge in [-0.1, -0.05) is 25.9 Å². The highest BCUT2D eigenvalue weighted by atomic mass is 16.5. The van der Waals surface area contributed by atoms with Gasteiger partial charge in [-0.05, 0) is 43.7 Å². The number of rotatable bonds is 7. The topological polar surface area (TPSA) is 47.3 Å². The maximum Gasteiger partial charge on any atom is 0.170 e. The Morgan fingerprint density at radius 1 is 1.24 bits per heavy atom. The minimum absolute atomic E-state index is 0.523. The van der Waals surface area contributed by atoms with E-state index in [4.69, 9.17) is 9.26 Å². The van der Waals surface area contributed by atoms with Gasteiger partial charge in [0, 0.05) is 17.7 Å². The number of hydrogen-bond donors (Lipinski definition) is 1. The molecule has 0 amide bonds. The summed E-state index contributed by atoms with van der Waals surface area (Å²) < 4.78 is 11.2. The summed E-state index contributed by atoms with van der Waals surface area (Å²) in [5.74, 6) is 2.24. The fourth-order valence-corrected chi connectivity index (χ4v) is 2.01. The van der Waals surface area contributed by atoms with Gasteiger partial charge in [0.1, 0.15) is 11.4 Å². The lowest BCUT2D eigenvalue weighted by atomic mass is 10.1. The first-order valence-electron chi connectivity index (χ1n) is 7.51. The van der Waals surface area contributed by atoms with Gasteiger partial charge < -0.3 is 14.6 Å². The van der Waals surface area contributed by atoms with Crippen LogP contribution >= 0.6 is 0 Å². The Kier molecular flexibility index (Phi) is 5.39. The molecular formula is C17H24N2O2. The van der Waals surface area contributed by atoms with Crippen molar-refractivity contribution in [2.45, 2.75) is 34.2 Å². The van der Waals surface area contributed by atoms with E-state index in [0.717, 1.165) is 48.0 Å². The largest absolute Gasteiger partial charge is 0.493 e. The molecule has 1 aromatic heterocycles. The van der Waals surface area contributed by atoms with E-state index in [0.29, 0.717) is 5.92 Å². The Hall–Kier alpha value is -1.81.